The molecule has 2 aromatic rings. The van der Waals surface area contributed by atoms with Crippen LogP contribution in [0, 0.1) is 5.92 Å². The van der Waals surface area contributed by atoms with Gasteiger partial charge >= 0.3 is 12.1 Å². The van der Waals surface area contributed by atoms with Gasteiger partial charge in [0.15, 0.2) is 0 Å². The standard InChI is InChI=1S/C25H27NO4/c1-29-24(27)16-13-17-7-6-8-18(14-16)26(17)25(28)30-15-23-21-11-4-2-9-19(21)20-10-3-5-12-22(20)23/h2-5,9-12,16-18,23H,6-8,13-15H2,1H3. The van der Waals surface area contributed by atoms with Crippen LogP contribution in [0.1, 0.15) is 49.1 Å². The van der Waals surface area contributed by atoms with Crippen molar-refractivity contribution in [1.29, 1.82) is 0 Å². The molecule has 3 aliphatic rings. The molecule has 2 heterocycles. The molecule has 5 heteroatoms. The van der Waals surface area contributed by atoms with Gasteiger partial charge in [-0.05, 0) is 54.4 Å². The first kappa shape index (κ1) is 19.2. The summed E-state index contributed by atoms with van der Waals surface area (Å²) >= 11 is 0. The maximum Gasteiger partial charge on any atom is 0.410 e. The molecule has 0 spiro atoms. The number of fused-ring (bicyclic) bond motifs is 5. The van der Waals surface area contributed by atoms with E-state index in [9.17, 15) is 9.59 Å². The van der Waals surface area contributed by atoms with Gasteiger partial charge in [0.2, 0.25) is 0 Å². The van der Waals surface area contributed by atoms with Gasteiger partial charge in [-0.15, -0.1) is 0 Å². The van der Waals surface area contributed by atoms with E-state index in [-0.39, 0.29) is 36.0 Å². The minimum absolute atomic E-state index is 0.0637. The minimum Gasteiger partial charge on any atom is -0.469 e. The van der Waals surface area contributed by atoms with E-state index in [1.165, 1.54) is 29.4 Å². The molecule has 1 aliphatic carbocycles. The lowest BCUT2D eigenvalue weighted by atomic mass is 9.78. The molecule has 0 aromatic heterocycles. The van der Waals surface area contributed by atoms with Crippen molar-refractivity contribution in [2.75, 3.05) is 13.7 Å². The Labute approximate surface area is 177 Å². The van der Waals surface area contributed by atoms with Crippen molar-refractivity contribution >= 4 is 12.1 Å². The number of amides is 1. The number of benzene rings is 2. The van der Waals surface area contributed by atoms with Gasteiger partial charge in [-0.2, -0.15) is 0 Å². The molecule has 0 saturated carbocycles. The van der Waals surface area contributed by atoms with Crippen molar-refractivity contribution in [3.05, 3.63) is 59.7 Å². The van der Waals surface area contributed by atoms with E-state index >= 15 is 0 Å². The largest absolute Gasteiger partial charge is 0.469 e. The van der Waals surface area contributed by atoms with E-state index in [4.69, 9.17) is 9.47 Å². The maximum absolute atomic E-state index is 13.1. The highest BCUT2D eigenvalue weighted by atomic mass is 16.6. The van der Waals surface area contributed by atoms with Crippen LogP contribution < -0.4 is 0 Å². The van der Waals surface area contributed by atoms with Gasteiger partial charge in [0.1, 0.15) is 6.61 Å². The molecule has 5 rings (SSSR count). The summed E-state index contributed by atoms with van der Waals surface area (Å²) in [6.07, 6.45) is 4.05. The Bertz CT molecular complexity index is 912. The Morgan fingerprint density at radius 2 is 1.50 bits per heavy atom. The molecular weight excluding hydrogens is 378 g/mol. The van der Waals surface area contributed by atoms with Gasteiger partial charge in [0, 0.05) is 18.0 Å². The fourth-order valence-corrected chi connectivity index (χ4v) is 5.71. The summed E-state index contributed by atoms with van der Waals surface area (Å²) in [7, 11) is 1.44. The molecule has 2 fully saturated rings. The Morgan fingerprint density at radius 1 is 0.933 bits per heavy atom. The van der Waals surface area contributed by atoms with Gasteiger partial charge in [-0.25, -0.2) is 4.79 Å². The lowest BCUT2D eigenvalue weighted by Gasteiger charge is -2.47. The normalized spacial score (nSPS) is 24.7. The fourth-order valence-electron chi connectivity index (χ4n) is 5.71. The third kappa shape index (κ3) is 3.17. The van der Waals surface area contributed by atoms with Crippen LogP contribution in [0.4, 0.5) is 4.79 Å². The van der Waals surface area contributed by atoms with Crippen LogP contribution in [0.15, 0.2) is 48.5 Å². The van der Waals surface area contributed by atoms with E-state index < -0.39 is 0 Å². The van der Waals surface area contributed by atoms with Crippen molar-refractivity contribution in [3.8, 4) is 11.1 Å². The highest BCUT2D eigenvalue weighted by Gasteiger charge is 2.44. The summed E-state index contributed by atoms with van der Waals surface area (Å²) in [5.74, 6) is -0.198. The Balaban J connectivity index is 1.32. The number of methoxy groups -OCH3 is 1. The molecule has 2 saturated heterocycles. The second-order valence-corrected chi connectivity index (χ2v) is 8.64. The highest BCUT2D eigenvalue weighted by Crippen LogP contribution is 2.45. The van der Waals surface area contributed by atoms with Crippen LogP contribution >= 0.6 is 0 Å². The van der Waals surface area contributed by atoms with E-state index in [2.05, 4.69) is 36.4 Å². The van der Waals surface area contributed by atoms with E-state index in [0.717, 1.165) is 19.3 Å². The zero-order valence-corrected chi connectivity index (χ0v) is 17.3. The summed E-state index contributed by atoms with van der Waals surface area (Å²) in [6.45, 7) is 0.337. The first-order valence-electron chi connectivity index (χ1n) is 10.9. The second-order valence-electron chi connectivity index (χ2n) is 8.64. The molecule has 30 heavy (non-hydrogen) atoms. The summed E-state index contributed by atoms with van der Waals surface area (Å²) in [4.78, 5) is 27.1. The number of piperidine rings is 2. The first-order chi connectivity index (χ1) is 14.7. The lowest BCUT2D eigenvalue weighted by Crippen LogP contribution is -2.56. The van der Waals surface area contributed by atoms with Gasteiger partial charge in [0.25, 0.3) is 0 Å². The highest BCUT2D eigenvalue weighted by molar-refractivity contribution is 5.79. The van der Waals surface area contributed by atoms with Crippen molar-refractivity contribution in [2.24, 2.45) is 5.92 Å². The van der Waals surface area contributed by atoms with Gasteiger partial charge in [-0.3, -0.25) is 4.79 Å². The monoisotopic (exact) mass is 405 g/mol. The summed E-state index contributed by atoms with van der Waals surface area (Å²) in [5.41, 5.74) is 4.89. The number of carbonyl (C=O) groups excluding carboxylic acids is 2. The summed E-state index contributed by atoms with van der Waals surface area (Å²) < 4.78 is 10.9. The number of hydrogen-bond acceptors (Lipinski definition) is 4. The Hall–Kier alpha value is -2.82. The van der Waals surface area contributed by atoms with Crippen LogP contribution in [0.3, 0.4) is 0 Å². The molecule has 5 nitrogen and oxygen atoms in total. The average molecular weight is 405 g/mol. The summed E-state index contributed by atoms with van der Waals surface area (Å²) in [5, 5.41) is 0. The Kier molecular flexibility index (Phi) is 4.97. The van der Waals surface area contributed by atoms with Crippen molar-refractivity contribution < 1.29 is 19.1 Å². The van der Waals surface area contributed by atoms with E-state index in [1.54, 1.807) is 0 Å². The molecule has 1 amide bonds. The molecule has 0 radical (unpaired) electrons. The third-order valence-corrected chi connectivity index (χ3v) is 7.06. The minimum atomic E-state index is -0.241. The zero-order chi connectivity index (χ0) is 20.7. The average Bonchev–Trinajstić information content (AvgIpc) is 3.10. The van der Waals surface area contributed by atoms with E-state index in [0.29, 0.717) is 19.4 Å². The molecule has 156 valence electrons. The number of nitrogens with zero attached hydrogens (tertiary/aromatic N) is 1. The van der Waals surface area contributed by atoms with Crippen LogP contribution in [-0.2, 0) is 14.3 Å². The lowest BCUT2D eigenvalue weighted by molar-refractivity contribution is -0.149. The van der Waals surface area contributed by atoms with Crippen molar-refractivity contribution in [3.63, 3.8) is 0 Å². The predicted molar refractivity (Wildman–Crippen MR) is 113 cm³/mol. The van der Waals surface area contributed by atoms with E-state index in [1.807, 2.05) is 17.0 Å². The molecule has 0 N–H and O–H groups in total. The van der Waals surface area contributed by atoms with Gasteiger partial charge < -0.3 is 14.4 Å². The maximum atomic E-state index is 13.1. The van der Waals surface area contributed by atoms with Crippen LogP contribution in [-0.4, -0.2) is 42.8 Å². The number of hydrogen-bond donors (Lipinski definition) is 0. The molecule has 2 bridgehead atoms. The van der Waals surface area contributed by atoms with Gasteiger partial charge in [-0.1, -0.05) is 48.5 Å². The molecule has 2 aliphatic heterocycles. The van der Waals surface area contributed by atoms with Gasteiger partial charge in [0.05, 0.1) is 13.0 Å². The fraction of sp³-hybridized carbons (Fsp3) is 0.440. The molecule has 2 unspecified atom stereocenters. The molecule has 2 aromatic carbocycles. The molecule has 2 atom stereocenters. The van der Waals surface area contributed by atoms with Crippen LogP contribution in [0.2, 0.25) is 0 Å². The zero-order valence-electron chi connectivity index (χ0n) is 17.3. The predicted octanol–water partition coefficient (Wildman–Crippen LogP) is 4.74. The van der Waals surface area contributed by atoms with Crippen LogP contribution in [0.25, 0.3) is 11.1 Å². The first-order valence-corrected chi connectivity index (χ1v) is 10.9. The van der Waals surface area contributed by atoms with Crippen LogP contribution in [0.5, 0.6) is 0 Å². The quantitative estimate of drug-likeness (QED) is 0.692. The Morgan fingerprint density at radius 3 is 2.07 bits per heavy atom. The topological polar surface area (TPSA) is 55.8 Å². The van der Waals surface area contributed by atoms with Crippen molar-refractivity contribution in [1.82, 2.24) is 4.90 Å². The number of rotatable bonds is 3. The smallest absolute Gasteiger partial charge is 0.410 e. The number of esters is 1. The summed E-state index contributed by atoms with van der Waals surface area (Å²) in [6, 6.07) is 16.9. The number of ether oxygens (including phenoxy) is 2. The van der Waals surface area contributed by atoms with Crippen molar-refractivity contribution in [2.45, 2.75) is 50.1 Å². The number of carbonyl (C=O) groups is 2. The molecular formula is C25H27NO4. The SMILES string of the molecule is COC(=O)C1CC2CCCC(C1)N2C(=O)OCC1c2ccccc2-c2ccccc21. The second kappa shape index (κ2) is 7.78. The third-order valence-electron chi connectivity index (χ3n) is 7.06.